The minimum absolute atomic E-state index is 0.0665. The Balaban J connectivity index is 1.64. The average Bonchev–Trinajstić information content (AvgIpc) is 2.96. The third-order valence-corrected chi connectivity index (χ3v) is 6.00. The normalized spacial score (nSPS) is 34.5. The molecule has 0 aromatic rings. The molecule has 0 radical (unpaired) electrons. The Hall–Kier alpha value is -1.59. The summed E-state index contributed by atoms with van der Waals surface area (Å²) in [5.41, 5.74) is 0. The Kier molecular flexibility index (Phi) is 5.11. The zero-order valence-corrected chi connectivity index (χ0v) is 14.4. The van der Waals surface area contributed by atoms with Gasteiger partial charge in [0.1, 0.15) is 6.04 Å². The van der Waals surface area contributed by atoms with Crippen molar-refractivity contribution < 1.29 is 19.5 Å². The third-order valence-electron chi connectivity index (χ3n) is 6.00. The lowest BCUT2D eigenvalue weighted by atomic mass is 9.86. The fraction of sp³-hybridized carbons (Fsp3) is 0.833. The van der Waals surface area contributed by atoms with Crippen molar-refractivity contribution in [2.75, 3.05) is 13.1 Å². The van der Waals surface area contributed by atoms with Crippen molar-refractivity contribution >= 4 is 17.8 Å². The van der Waals surface area contributed by atoms with E-state index in [1.807, 2.05) is 4.90 Å². The van der Waals surface area contributed by atoms with Crippen LogP contribution < -0.4 is 0 Å². The smallest absolute Gasteiger partial charge is 0.326 e. The molecule has 6 nitrogen and oxygen atoms in total. The molecule has 3 rings (SSSR count). The van der Waals surface area contributed by atoms with E-state index in [1.165, 1.54) is 4.90 Å². The minimum atomic E-state index is -0.925. The van der Waals surface area contributed by atoms with Crippen molar-refractivity contribution in [3.05, 3.63) is 0 Å². The van der Waals surface area contributed by atoms with E-state index < -0.39 is 12.0 Å². The molecule has 134 valence electrons. The van der Waals surface area contributed by atoms with E-state index in [2.05, 4.69) is 6.92 Å². The summed E-state index contributed by atoms with van der Waals surface area (Å²) in [6, 6.07) is -0.450. The van der Waals surface area contributed by atoms with Crippen LogP contribution in [0.2, 0.25) is 0 Å². The number of piperidine rings is 1. The molecule has 0 aromatic heterocycles. The van der Waals surface area contributed by atoms with Gasteiger partial charge in [-0.2, -0.15) is 0 Å². The van der Waals surface area contributed by atoms with Crippen molar-refractivity contribution in [1.82, 2.24) is 9.80 Å². The van der Waals surface area contributed by atoms with E-state index in [-0.39, 0.29) is 30.2 Å². The Morgan fingerprint density at radius 3 is 2.46 bits per heavy atom. The summed E-state index contributed by atoms with van der Waals surface area (Å²) in [6.07, 6.45) is 6.78. The first-order valence-corrected chi connectivity index (χ1v) is 9.30. The molecule has 2 amide bonds. The maximum atomic E-state index is 12.8. The van der Waals surface area contributed by atoms with Crippen LogP contribution in [0.15, 0.2) is 0 Å². The largest absolute Gasteiger partial charge is 0.480 e. The molecule has 1 unspecified atom stereocenters. The first-order valence-electron chi connectivity index (χ1n) is 9.30. The van der Waals surface area contributed by atoms with Crippen molar-refractivity contribution in [2.45, 2.75) is 70.4 Å². The number of carboxylic acids is 1. The summed E-state index contributed by atoms with van der Waals surface area (Å²) in [4.78, 5) is 40.1. The standard InChI is InChI=1S/C18H28N2O4/c1-12-5-7-14(8-6-12)20-11-13(10-16(20)21)17(22)19-9-3-2-4-15(19)18(23)24/h12-15H,2-11H2,1H3,(H,23,24)/t12?,13?,14?,15-/m1/s1. The second-order valence-corrected chi connectivity index (χ2v) is 7.74. The first kappa shape index (κ1) is 17.2. The van der Waals surface area contributed by atoms with Gasteiger partial charge in [0.2, 0.25) is 11.8 Å². The SMILES string of the molecule is CC1CCC(N2CC(C(=O)N3CCCC[C@@H]3C(=O)O)CC2=O)CC1. The number of likely N-dealkylation sites (tertiary alicyclic amines) is 2. The molecule has 24 heavy (non-hydrogen) atoms. The Morgan fingerprint density at radius 2 is 1.79 bits per heavy atom. The lowest BCUT2D eigenvalue weighted by Gasteiger charge is -2.35. The number of aliphatic carboxylic acids is 1. The molecule has 2 atom stereocenters. The average molecular weight is 336 g/mol. The molecule has 6 heteroatoms. The van der Waals surface area contributed by atoms with Crippen LogP contribution in [-0.2, 0) is 14.4 Å². The van der Waals surface area contributed by atoms with E-state index in [1.54, 1.807) is 0 Å². The van der Waals surface area contributed by atoms with E-state index in [9.17, 15) is 19.5 Å². The van der Waals surface area contributed by atoms with Gasteiger partial charge >= 0.3 is 5.97 Å². The van der Waals surface area contributed by atoms with E-state index in [0.717, 1.165) is 44.4 Å². The van der Waals surface area contributed by atoms with Crippen molar-refractivity contribution in [3.8, 4) is 0 Å². The Morgan fingerprint density at radius 1 is 1.08 bits per heavy atom. The zero-order valence-electron chi connectivity index (χ0n) is 14.4. The quantitative estimate of drug-likeness (QED) is 0.853. The summed E-state index contributed by atoms with van der Waals surface area (Å²) in [5.74, 6) is -0.637. The molecule has 1 saturated carbocycles. The lowest BCUT2D eigenvalue weighted by molar-refractivity contribution is -0.153. The fourth-order valence-electron chi connectivity index (χ4n) is 4.49. The number of rotatable bonds is 3. The molecule has 0 bridgehead atoms. The highest BCUT2D eigenvalue weighted by molar-refractivity contribution is 5.91. The number of hydrogen-bond acceptors (Lipinski definition) is 3. The lowest BCUT2D eigenvalue weighted by Crippen LogP contribution is -2.50. The second kappa shape index (κ2) is 7.11. The third kappa shape index (κ3) is 3.42. The van der Waals surface area contributed by atoms with Gasteiger partial charge in [-0.05, 0) is 50.9 Å². The van der Waals surface area contributed by atoms with Crippen LogP contribution in [0.3, 0.4) is 0 Å². The van der Waals surface area contributed by atoms with Crippen LogP contribution in [0.5, 0.6) is 0 Å². The van der Waals surface area contributed by atoms with Gasteiger partial charge in [-0.1, -0.05) is 6.92 Å². The summed E-state index contributed by atoms with van der Waals surface area (Å²) >= 11 is 0. The van der Waals surface area contributed by atoms with Gasteiger partial charge in [0.25, 0.3) is 0 Å². The second-order valence-electron chi connectivity index (χ2n) is 7.74. The number of amides is 2. The molecule has 0 spiro atoms. The highest BCUT2D eigenvalue weighted by Crippen LogP contribution is 2.32. The van der Waals surface area contributed by atoms with Crippen LogP contribution in [0.4, 0.5) is 0 Å². The van der Waals surface area contributed by atoms with Crippen LogP contribution in [0, 0.1) is 11.8 Å². The van der Waals surface area contributed by atoms with Crippen molar-refractivity contribution in [2.24, 2.45) is 11.8 Å². The van der Waals surface area contributed by atoms with Crippen LogP contribution >= 0.6 is 0 Å². The number of carbonyl (C=O) groups excluding carboxylic acids is 2. The Bertz CT molecular complexity index is 513. The highest BCUT2D eigenvalue weighted by atomic mass is 16.4. The summed E-state index contributed by atoms with van der Waals surface area (Å²) < 4.78 is 0. The summed E-state index contributed by atoms with van der Waals surface area (Å²) in [5, 5.41) is 9.36. The van der Waals surface area contributed by atoms with Crippen molar-refractivity contribution in [1.29, 1.82) is 0 Å². The van der Waals surface area contributed by atoms with Crippen LogP contribution in [0.25, 0.3) is 0 Å². The molecule has 3 aliphatic rings. The Labute approximate surface area is 143 Å². The van der Waals surface area contributed by atoms with Gasteiger partial charge < -0.3 is 14.9 Å². The molecule has 2 saturated heterocycles. The molecular formula is C18H28N2O4. The molecule has 1 N–H and O–H groups in total. The number of carbonyl (C=O) groups is 3. The number of carboxylic acid groups (broad SMARTS) is 1. The maximum absolute atomic E-state index is 12.8. The number of hydrogen-bond donors (Lipinski definition) is 1. The fourth-order valence-corrected chi connectivity index (χ4v) is 4.49. The van der Waals surface area contributed by atoms with Gasteiger partial charge in [0, 0.05) is 25.6 Å². The van der Waals surface area contributed by atoms with E-state index in [4.69, 9.17) is 0 Å². The van der Waals surface area contributed by atoms with Gasteiger partial charge in [0.15, 0.2) is 0 Å². The van der Waals surface area contributed by atoms with Gasteiger partial charge in [-0.25, -0.2) is 4.79 Å². The van der Waals surface area contributed by atoms with Crippen LogP contribution in [-0.4, -0.2) is 57.9 Å². The molecule has 2 heterocycles. The highest BCUT2D eigenvalue weighted by Gasteiger charge is 2.42. The topological polar surface area (TPSA) is 77.9 Å². The monoisotopic (exact) mass is 336 g/mol. The van der Waals surface area contributed by atoms with E-state index in [0.29, 0.717) is 19.5 Å². The molecule has 0 aromatic carbocycles. The van der Waals surface area contributed by atoms with Gasteiger partial charge in [0.05, 0.1) is 5.92 Å². The zero-order chi connectivity index (χ0) is 17.3. The summed E-state index contributed by atoms with van der Waals surface area (Å²) in [6.45, 7) is 3.22. The minimum Gasteiger partial charge on any atom is -0.480 e. The molecule has 2 aliphatic heterocycles. The molecule has 1 aliphatic carbocycles. The van der Waals surface area contributed by atoms with Crippen molar-refractivity contribution in [3.63, 3.8) is 0 Å². The predicted octanol–water partition coefficient (Wildman–Crippen LogP) is 1.88. The van der Waals surface area contributed by atoms with Gasteiger partial charge in [-0.15, -0.1) is 0 Å². The predicted molar refractivity (Wildman–Crippen MR) is 88.2 cm³/mol. The summed E-state index contributed by atoms with van der Waals surface area (Å²) in [7, 11) is 0. The first-order chi connectivity index (χ1) is 11.5. The van der Waals surface area contributed by atoms with Gasteiger partial charge in [-0.3, -0.25) is 9.59 Å². The van der Waals surface area contributed by atoms with E-state index >= 15 is 0 Å². The van der Waals surface area contributed by atoms with Crippen LogP contribution in [0.1, 0.15) is 58.3 Å². The molecular weight excluding hydrogens is 308 g/mol. The maximum Gasteiger partial charge on any atom is 0.326 e. The number of nitrogens with zero attached hydrogens (tertiary/aromatic N) is 2. The molecule has 3 fully saturated rings.